The third-order valence-corrected chi connectivity index (χ3v) is 4.08. The predicted molar refractivity (Wildman–Crippen MR) is 86.7 cm³/mol. The Morgan fingerprint density at radius 1 is 1.23 bits per heavy atom. The van der Waals surface area contributed by atoms with Gasteiger partial charge < -0.3 is 5.11 Å². The summed E-state index contributed by atoms with van der Waals surface area (Å²) in [5.74, 6) is 1.27. The van der Waals surface area contributed by atoms with Crippen molar-refractivity contribution in [1.29, 1.82) is 0 Å². The number of benzene rings is 1. The molecule has 1 N–H and O–H groups in total. The van der Waals surface area contributed by atoms with Crippen molar-refractivity contribution in [2.24, 2.45) is 0 Å². The van der Waals surface area contributed by atoms with Crippen molar-refractivity contribution in [3.05, 3.63) is 53.1 Å². The van der Waals surface area contributed by atoms with E-state index in [4.69, 9.17) is 4.98 Å². The third kappa shape index (κ3) is 3.12. The van der Waals surface area contributed by atoms with E-state index in [-0.39, 0.29) is 5.41 Å². The van der Waals surface area contributed by atoms with Gasteiger partial charge in [-0.2, -0.15) is 0 Å². The lowest BCUT2D eigenvalue weighted by Gasteiger charge is -2.29. The highest BCUT2D eigenvalue weighted by Crippen LogP contribution is 2.25. The van der Waals surface area contributed by atoms with Gasteiger partial charge in [-0.1, -0.05) is 39.0 Å². The fourth-order valence-corrected chi connectivity index (χ4v) is 2.74. The quantitative estimate of drug-likeness (QED) is 0.925. The number of phenols is 1. The summed E-state index contributed by atoms with van der Waals surface area (Å²) in [6, 6.07) is 7.54. The van der Waals surface area contributed by atoms with Gasteiger partial charge in [0.25, 0.3) is 0 Å². The number of nitrogens with zero attached hydrogens (tertiary/aromatic N) is 3. The van der Waals surface area contributed by atoms with Gasteiger partial charge in [0, 0.05) is 36.8 Å². The van der Waals surface area contributed by atoms with E-state index in [2.05, 4.69) is 30.7 Å². The second-order valence-corrected chi connectivity index (χ2v) is 7.00. The van der Waals surface area contributed by atoms with E-state index in [0.717, 1.165) is 43.1 Å². The minimum absolute atomic E-state index is 0.0327. The zero-order valence-corrected chi connectivity index (χ0v) is 13.5. The molecule has 0 fully saturated rings. The summed E-state index contributed by atoms with van der Waals surface area (Å²) < 4.78 is 0. The van der Waals surface area contributed by atoms with Crippen LogP contribution in [-0.4, -0.2) is 26.5 Å². The van der Waals surface area contributed by atoms with Gasteiger partial charge in [-0.3, -0.25) is 4.90 Å². The summed E-state index contributed by atoms with van der Waals surface area (Å²) in [6.07, 6.45) is 2.95. The SMILES string of the molecule is CC(C)(C)c1ncc2c(n1)CN(Cc1ccccc1O)CC2. The van der Waals surface area contributed by atoms with E-state index in [1.165, 1.54) is 5.56 Å². The summed E-state index contributed by atoms with van der Waals surface area (Å²) in [6.45, 7) is 8.95. The maximum absolute atomic E-state index is 9.93. The molecule has 1 aliphatic rings. The standard InChI is InChI=1S/C18H23N3O/c1-18(2,3)17-19-10-13-8-9-21(12-15(13)20-17)11-14-6-4-5-7-16(14)22/h4-7,10,22H,8-9,11-12H2,1-3H3. The fraction of sp³-hybridized carbons (Fsp3) is 0.444. The van der Waals surface area contributed by atoms with Crippen molar-refractivity contribution in [2.45, 2.75) is 45.7 Å². The van der Waals surface area contributed by atoms with Crippen molar-refractivity contribution in [3.8, 4) is 5.75 Å². The lowest BCUT2D eigenvalue weighted by molar-refractivity contribution is 0.237. The summed E-state index contributed by atoms with van der Waals surface area (Å²) in [4.78, 5) is 11.6. The third-order valence-electron chi connectivity index (χ3n) is 4.08. The molecule has 0 saturated carbocycles. The molecule has 0 amide bonds. The molecule has 0 bridgehead atoms. The van der Waals surface area contributed by atoms with E-state index in [1.807, 2.05) is 24.4 Å². The lowest BCUT2D eigenvalue weighted by Crippen LogP contribution is -2.32. The minimum Gasteiger partial charge on any atom is -0.508 e. The zero-order valence-electron chi connectivity index (χ0n) is 13.5. The molecule has 22 heavy (non-hydrogen) atoms. The van der Waals surface area contributed by atoms with E-state index in [9.17, 15) is 5.11 Å². The first-order valence-electron chi connectivity index (χ1n) is 7.78. The molecule has 0 aliphatic carbocycles. The topological polar surface area (TPSA) is 49.2 Å². The van der Waals surface area contributed by atoms with Gasteiger partial charge in [0.15, 0.2) is 0 Å². The number of aromatic hydroxyl groups is 1. The highest BCUT2D eigenvalue weighted by Gasteiger charge is 2.23. The van der Waals surface area contributed by atoms with E-state index < -0.39 is 0 Å². The average molecular weight is 297 g/mol. The van der Waals surface area contributed by atoms with Gasteiger partial charge in [-0.05, 0) is 18.1 Å². The number of hydrogen-bond donors (Lipinski definition) is 1. The van der Waals surface area contributed by atoms with Gasteiger partial charge >= 0.3 is 0 Å². The van der Waals surface area contributed by atoms with Gasteiger partial charge in [-0.15, -0.1) is 0 Å². The van der Waals surface area contributed by atoms with Gasteiger partial charge in [0.1, 0.15) is 11.6 Å². The molecule has 1 aromatic carbocycles. The summed E-state index contributed by atoms with van der Waals surface area (Å²) in [5.41, 5.74) is 3.31. The van der Waals surface area contributed by atoms with Crippen LogP contribution in [0.25, 0.3) is 0 Å². The molecule has 4 nitrogen and oxygen atoms in total. The van der Waals surface area contributed by atoms with Crippen LogP contribution in [-0.2, 0) is 24.9 Å². The molecule has 3 rings (SSSR count). The van der Waals surface area contributed by atoms with Crippen LogP contribution in [0.3, 0.4) is 0 Å². The van der Waals surface area contributed by atoms with Crippen LogP contribution in [0.2, 0.25) is 0 Å². The molecule has 0 radical (unpaired) electrons. The molecular weight excluding hydrogens is 274 g/mol. The predicted octanol–water partition coefficient (Wildman–Crippen LogP) is 3.04. The second-order valence-electron chi connectivity index (χ2n) is 7.00. The maximum Gasteiger partial charge on any atom is 0.133 e. The minimum atomic E-state index is -0.0327. The molecule has 1 aromatic heterocycles. The Kier molecular flexibility index (Phi) is 3.87. The normalized spacial score (nSPS) is 15.6. The van der Waals surface area contributed by atoms with Crippen molar-refractivity contribution in [2.75, 3.05) is 6.54 Å². The first-order chi connectivity index (χ1) is 10.4. The molecule has 1 aliphatic heterocycles. The molecule has 4 heteroatoms. The molecule has 0 spiro atoms. The van der Waals surface area contributed by atoms with Crippen LogP contribution in [0.1, 0.15) is 43.4 Å². The average Bonchev–Trinajstić information content (AvgIpc) is 2.48. The smallest absolute Gasteiger partial charge is 0.133 e. The summed E-state index contributed by atoms with van der Waals surface area (Å²) >= 11 is 0. The van der Waals surface area contributed by atoms with Gasteiger partial charge in [0.05, 0.1) is 5.69 Å². The van der Waals surface area contributed by atoms with Crippen LogP contribution in [0, 0.1) is 0 Å². The number of aromatic nitrogens is 2. The highest BCUT2D eigenvalue weighted by atomic mass is 16.3. The Hall–Kier alpha value is -1.94. The summed E-state index contributed by atoms with van der Waals surface area (Å²) in [7, 11) is 0. The van der Waals surface area contributed by atoms with Gasteiger partial charge in [0.2, 0.25) is 0 Å². The number of fused-ring (bicyclic) bond motifs is 1. The Labute approximate surface area is 131 Å². The first kappa shape index (κ1) is 15.0. The monoisotopic (exact) mass is 297 g/mol. The van der Waals surface area contributed by atoms with Crippen molar-refractivity contribution >= 4 is 0 Å². The number of hydrogen-bond acceptors (Lipinski definition) is 4. The Bertz CT molecular complexity index is 676. The highest BCUT2D eigenvalue weighted by molar-refractivity contribution is 5.32. The van der Waals surface area contributed by atoms with Crippen molar-refractivity contribution in [3.63, 3.8) is 0 Å². The number of phenolic OH excluding ortho intramolecular Hbond substituents is 1. The first-order valence-corrected chi connectivity index (χ1v) is 7.78. The molecule has 2 aromatic rings. The molecule has 0 saturated heterocycles. The largest absolute Gasteiger partial charge is 0.508 e. The van der Waals surface area contributed by atoms with Crippen LogP contribution in [0.5, 0.6) is 5.75 Å². The molecule has 0 atom stereocenters. The maximum atomic E-state index is 9.93. The molecule has 116 valence electrons. The second kappa shape index (κ2) is 5.69. The number of para-hydroxylation sites is 1. The molecular formula is C18H23N3O. The molecule has 2 heterocycles. The van der Waals surface area contributed by atoms with E-state index in [0.29, 0.717) is 5.75 Å². The Morgan fingerprint density at radius 2 is 2.00 bits per heavy atom. The van der Waals surface area contributed by atoms with Crippen LogP contribution < -0.4 is 0 Å². The van der Waals surface area contributed by atoms with Crippen LogP contribution >= 0.6 is 0 Å². The van der Waals surface area contributed by atoms with Crippen LogP contribution in [0.4, 0.5) is 0 Å². The lowest BCUT2D eigenvalue weighted by atomic mass is 9.95. The van der Waals surface area contributed by atoms with Gasteiger partial charge in [-0.25, -0.2) is 9.97 Å². The van der Waals surface area contributed by atoms with Crippen molar-refractivity contribution in [1.82, 2.24) is 14.9 Å². The summed E-state index contributed by atoms with van der Waals surface area (Å²) in [5, 5.41) is 9.93. The Balaban J connectivity index is 1.79. The molecule has 0 unspecified atom stereocenters. The van der Waals surface area contributed by atoms with Crippen molar-refractivity contribution < 1.29 is 5.11 Å². The fourth-order valence-electron chi connectivity index (χ4n) is 2.74. The Morgan fingerprint density at radius 3 is 2.73 bits per heavy atom. The number of rotatable bonds is 2. The van der Waals surface area contributed by atoms with E-state index >= 15 is 0 Å². The van der Waals surface area contributed by atoms with E-state index in [1.54, 1.807) is 6.07 Å². The zero-order chi connectivity index (χ0) is 15.7. The van der Waals surface area contributed by atoms with Crippen LogP contribution in [0.15, 0.2) is 30.5 Å².